The molecule has 1 fully saturated rings. The molecule has 1 aliphatic heterocycles. The molecule has 0 N–H and O–H groups in total. The number of ether oxygens (including phenoxy) is 2. The van der Waals surface area contributed by atoms with E-state index in [-0.39, 0.29) is 5.60 Å². The summed E-state index contributed by atoms with van der Waals surface area (Å²) < 4.78 is 11.1. The highest BCUT2D eigenvalue weighted by atomic mass is 16.6. The summed E-state index contributed by atoms with van der Waals surface area (Å²) >= 11 is 0. The Hall–Kier alpha value is -1.28. The zero-order valence-electron chi connectivity index (χ0n) is 18.4. The van der Waals surface area contributed by atoms with E-state index in [1.54, 1.807) is 0 Å². The van der Waals surface area contributed by atoms with Crippen LogP contribution in [0.5, 0.6) is 5.75 Å². The molecule has 0 bridgehead atoms. The smallest absolute Gasteiger partial charge is 0.123 e. The standard InChI is InChI=1S/C26H42O2/c1-3-4-5-6-7-8-9-10-11-12-13-14-15-16-17-24-18-20-25(21-19-24)27-22-26(2)23-28-26/h6-7,18-21H,3-5,8-17,22-23H2,1-2H3/b7-6+. The topological polar surface area (TPSA) is 21.8 Å². The second kappa shape index (κ2) is 13.8. The molecule has 158 valence electrons. The van der Waals surface area contributed by atoms with E-state index < -0.39 is 0 Å². The largest absolute Gasteiger partial charge is 0.491 e. The second-order valence-electron chi connectivity index (χ2n) is 8.65. The van der Waals surface area contributed by atoms with Crippen LogP contribution in [0.15, 0.2) is 36.4 Å². The average molecular weight is 387 g/mol. The summed E-state index contributed by atoms with van der Waals surface area (Å²) in [7, 11) is 0. The number of epoxide rings is 1. The molecule has 1 atom stereocenters. The summed E-state index contributed by atoms with van der Waals surface area (Å²) in [5.74, 6) is 0.955. The molecule has 1 aromatic rings. The van der Waals surface area contributed by atoms with E-state index in [0.717, 1.165) is 12.4 Å². The van der Waals surface area contributed by atoms with Gasteiger partial charge in [-0.3, -0.25) is 0 Å². The van der Waals surface area contributed by atoms with Gasteiger partial charge in [0.05, 0.1) is 6.61 Å². The first-order valence-electron chi connectivity index (χ1n) is 11.7. The van der Waals surface area contributed by atoms with E-state index in [4.69, 9.17) is 9.47 Å². The molecule has 0 amide bonds. The van der Waals surface area contributed by atoms with Crippen molar-refractivity contribution in [1.82, 2.24) is 0 Å². The van der Waals surface area contributed by atoms with Gasteiger partial charge in [0.25, 0.3) is 0 Å². The van der Waals surface area contributed by atoms with Gasteiger partial charge in [0.1, 0.15) is 18.0 Å². The van der Waals surface area contributed by atoms with Crippen molar-refractivity contribution in [1.29, 1.82) is 0 Å². The van der Waals surface area contributed by atoms with Crippen molar-refractivity contribution in [3.63, 3.8) is 0 Å². The zero-order chi connectivity index (χ0) is 19.9. The van der Waals surface area contributed by atoms with Crippen LogP contribution >= 0.6 is 0 Å². The first-order valence-corrected chi connectivity index (χ1v) is 11.7. The number of benzene rings is 1. The van der Waals surface area contributed by atoms with Crippen LogP contribution < -0.4 is 4.74 Å². The van der Waals surface area contributed by atoms with Crippen molar-refractivity contribution >= 4 is 0 Å². The number of allylic oxidation sites excluding steroid dienone is 2. The highest BCUT2D eigenvalue weighted by molar-refractivity contribution is 5.27. The molecule has 1 aromatic carbocycles. The lowest BCUT2D eigenvalue weighted by atomic mass is 10.0. The Balaban J connectivity index is 1.37. The van der Waals surface area contributed by atoms with Gasteiger partial charge in [-0.05, 0) is 56.7 Å². The SMILES string of the molecule is CCCC/C=C/CCCCCCCCCCc1ccc(OCC2(C)CO2)cc1. The fourth-order valence-electron chi connectivity index (χ4n) is 3.40. The van der Waals surface area contributed by atoms with E-state index in [2.05, 4.69) is 50.3 Å². The first kappa shape index (κ1) is 23.0. The third-order valence-electron chi connectivity index (χ3n) is 5.58. The minimum atomic E-state index is -0.0377. The predicted octanol–water partition coefficient (Wildman–Crippen LogP) is 7.65. The summed E-state index contributed by atoms with van der Waals surface area (Å²) in [5.41, 5.74) is 1.39. The molecule has 0 radical (unpaired) electrons. The molecule has 2 rings (SSSR count). The van der Waals surface area contributed by atoms with Gasteiger partial charge in [0, 0.05) is 0 Å². The van der Waals surface area contributed by atoms with E-state index in [1.807, 2.05) is 0 Å². The summed E-state index contributed by atoms with van der Waals surface area (Å²) in [5, 5.41) is 0. The predicted molar refractivity (Wildman–Crippen MR) is 120 cm³/mol. The minimum Gasteiger partial charge on any atom is -0.491 e. The molecule has 1 aliphatic rings. The van der Waals surface area contributed by atoms with Gasteiger partial charge in [-0.15, -0.1) is 0 Å². The molecule has 2 heteroatoms. The van der Waals surface area contributed by atoms with Gasteiger partial charge in [-0.25, -0.2) is 0 Å². The van der Waals surface area contributed by atoms with Crippen molar-refractivity contribution in [2.24, 2.45) is 0 Å². The lowest BCUT2D eigenvalue weighted by Gasteiger charge is -2.09. The number of hydrogen-bond acceptors (Lipinski definition) is 2. The van der Waals surface area contributed by atoms with Gasteiger partial charge in [0.15, 0.2) is 0 Å². The van der Waals surface area contributed by atoms with Crippen molar-refractivity contribution < 1.29 is 9.47 Å². The van der Waals surface area contributed by atoms with Crippen LogP contribution in [0, 0.1) is 0 Å². The fourth-order valence-corrected chi connectivity index (χ4v) is 3.40. The number of rotatable bonds is 17. The molecular formula is C26H42O2. The van der Waals surface area contributed by atoms with Gasteiger partial charge in [-0.1, -0.05) is 82.6 Å². The van der Waals surface area contributed by atoms with Crippen LogP contribution in [-0.2, 0) is 11.2 Å². The number of unbranched alkanes of at least 4 members (excludes halogenated alkanes) is 10. The van der Waals surface area contributed by atoms with E-state index in [9.17, 15) is 0 Å². The van der Waals surface area contributed by atoms with Crippen LogP contribution in [-0.4, -0.2) is 18.8 Å². The number of hydrogen-bond donors (Lipinski definition) is 0. The highest BCUT2D eigenvalue weighted by Crippen LogP contribution is 2.27. The molecule has 1 saturated heterocycles. The molecule has 2 nitrogen and oxygen atoms in total. The molecular weight excluding hydrogens is 344 g/mol. The Morgan fingerprint density at radius 3 is 2.04 bits per heavy atom. The third-order valence-corrected chi connectivity index (χ3v) is 5.58. The van der Waals surface area contributed by atoms with Crippen molar-refractivity contribution in [2.75, 3.05) is 13.2 Å². The molecule has 28 heavy (non-hydrogen) atoms. The average Bonchev–Trinajstić information content (AvgIpc) is 3.45. The van der Waals surface area contributed by atoms with E-state index >= 15 is 0 Å². The first-order chi connectivity index (χ1) is 13.7. The van der Waals surface area contributed by atoms with Crippen LogP contribution in [0.2, 0.25) is 0 Å². The molecule has 0 aliphatic carbocycles. The van der Waals surface area contributed by atoms with E-state index in [0.29, 0.717) is 6.61 Å². The maximum absolute atomic E-state index is 5.79. The summed E-state index contributed by atoms with van der Waals surface area (Å²) in [6.07, 6.45) is 22.2. The Kier molecular flexibility index (Phi) is 11.4. The number of aryl methyl sites for hydroxylation is 1. The Labute approximate surface area is 173 Å². The van der Waals surface area contributed by atoms with Crippen LogP contribution in [0.4, 0.5) is 0 Å². The lowest BCUT2D eigenvalue weighted by Crippen LogP contribution is -2.16. The second-order valence-corrected chi connectivity index (χ2v) is 8.65. The summed E-state index contributed by atoms with van der Waals surface area (Å²) in [4.78, 5) is 0. The molecule has 1 unspecified atom stereocenters. The van der Waals surface area contributed by atoms with Gasteiger partial charge >= 0.3 is 0 Å². The molecule has 0 aromatic heterocycles. The Morgan fingerprint density at radius 1 is 0.857 bits per heavy atom. The quantitative estimate of drug-likeness (QED) is 0.156. The maximum Gasteiger partial charge on any atom is 0.123 e. The normalized spacial score (nSPS) is 18.6. The van der Waals surface area contributed by atoms with Crippen molar-refractivity contribution in [2.45, 2.75) is 103 Å². The molecule has 0 saturated carbocycles. The van der Waals surface area contributed by atoms with Crippen molar-refractivity contribution in [3.05, 3.63) is 42.0 Å². The minimum absolute atomic E-state index is 0.0377. The van der Waals surface area contributed by atoms with Crippen LogP contribution in [0.3, 0.4) is 0 Å². The van der Waals surface area contributed by atoms with Crippen LogP contribution in [0.1, 0.15) is 96.5 Å². The molecule has 1 heterocycles. The Bertz CT molecular complexity index is 528. The Morgan fingerprint density at radius 2 is 1.43 bits per heavy atom. The summed E-state index contributed by atoms with van der Waals surface area (Å²) in [6, 6.07) is 8.62. The van der Waals surface area contributed by atoms with Crippen LogP contribution in [0.25, 0.3) is 0 Å². The van der Waals surface area contributed by atoms with Gasteiger partial charge < -0.3 is 9.47 Å². The maximum atomic E-state index is 5.79. The highest BCUT2D eigenvalue weighted by Gasteiger charge is 2.40. The van der Waals surface area contributed by atoms with E-state index in [1.165, 1.54) is 89.0 Å². The van der Waals surface area contributed by atoms with Crippen molar-refractivity contribution in [3.8, 4) is 5.75 Å². The monoisotopic (exact) mass is 386 g/mol. The fraction of sp³-hybridized carbons (Fsp3) is 0.692. The van der Waals surface area contributed by atoms with Gasteiger partial charge in [-0.2, -0.15) is 0 Å². The lowest BCUT2D eigenvalue weighted by molar-refractivity contribution is 0.202. The summed E-state index contributed by atoms with van der Waals surface area (Å²) in [6.45, 7) is 5.82. The van der Waals surface area contributed by atoms with Gasteiger partial charge in [0.2, 0.25) is 0 Å². The zero-order valence-corrected chi connectivity index (χ0v) is 18.4. The third kappa shape index (κ3) is 10.9. The molecule has 0 spiro atoms.